The van der Waals surface area contributed by atoms with Crippen LogP contribution < -0.4 is 16.4 Å². The quantitative estimate of drug-likeness (QED) is 0.176. The monoisotopic (exact) mass is 480 g/mol. The number of aryl methyl sites for hydroxylation is 1. The highest BCUT2D eigenvalue weighted by molar-refractivity contribution is 6.06. The van der Waals surface area contributed by atoms with Gasteiger partial charge < -0.3 is 21.5 Å². The first kappa shape index (κ1) is 22.6. The summed E-state index contributed by atoms with van der Waals surface area (Å²) in [7, 11) is 0. The number of para-hydroxylation sites is 1. The number of piperidine rings is 1. The van der Waals surface area contributed by atoms with Gasteiger partial charge >= 0.3 is 0 Å². The normalized spacial score (nSPS) is 25.2. The number of fused-ring (bicyclic) bond motifs is 2. The number of hydrogen-bond acceptors (Lipinski definition) is 5. The standard InChI is InChI=1S/C29H32N6O/c1-4-18-8-5-6-11-23(18)32-27(30)22-16-31-35-17-20(19-9-7-10-21(36)14-19)15-24(35)26(22)33-25-12-13-28(2)29(25,3)34-28/h5-11,14-17,25,33-34,36H,4,12-13H2,1-3H3,(H2,30,32). The molecule has 2 aliphatic rings. The van der Waals surface area contributed by atoms with Gasteiger partial charge in [-0.15, -0.1) is 0 Å². The maximum Gasteiger partial charge on any atom is 0.135 e. The molecule has 3 atom stereocenters. The summed E-state index contributed by atoms with van der Waals surface area (Å²) in [6, 6.07) is 17.7. The molecule has 0 amide bonds. The minimum atomic E-state index is 0.0336. The lowest BCUT2D eigenvalue weighted by molar-refractivity contribution is 0.475. The Balaban J connectivity index is 1.48. The molecule has 1 saturated carbocycles. The fourth-order valence-electron chi connectivity index (χ4n) is 5.80. The molecule has 3 heterocycles. The van der Waals surface area contributed by atoms with Crippen LogP contribution in [-0.2, 0) is 6.42 Å². The van der Waals surface area contributed by atoms with E-state index < -0.39 is 0 Å². The minimum absolute atomic E-state index is 0.0336. The fraction of sp³-hybridized carbons (Fsp3) is 0.310. The molecule has 0 bridgehead atoms. The van der Waals surface area contributed by atoms with E-state index in [9.17, 15) is 5.11 Å². The van der Waals surface area contributed by atoms with Gasteiger partial charge in [0, 0.05) is 23.3 Å². The molecule has 1 saturated heterocycles. The molecular formula is C29H32N6O. The third kappa shape index (κ3) is 3.54. The average molecular weight is 481 g/mol. The second-order valence-corrected chi connectivity index (χ2v) is 10.4. The van der Waals surface area contributed by atoms with Crippen LogP contribution in [0.25, 0.3) is 16.6 Å². The van der Waals surface area contributed by atoms with Gasteiger partial charge in [-0.2, -0.15) is 5.10 Å². The van der Waals surface area contributed by atoms with Crippen molar-refractivity contribution >= 4 is 22.7 Å². The van der Waals surface area contributed by atoms with Gasteiger partial charge in [0.05, 0.1) is 34.2 Å². The highest BCUT2D eigenvalue weighted by atomic mass is 16.3. The number of rotatable bonds is 6. The second-order valence-electron chi connectivity index (χ2n) is 10.4. The number of aromatic hydroxyl groups is 1. The summed E-state index contributed by atoms with van der Waals surface area (Å²) in [5.41, 5.74) is 13.4. The van der Waals surface area contributed by atoms with Crippen molar-refractivity contribution in [1.82, 2.24) is 14.9 Å². The molecule has 2 fully saturated rings. The molecule has 2 aromatic carbocycles. The second kappa shape index (κ2) is 8.10. The molecular weight excluding hydrogens is 448 g/mol. The lowest BCUT2D eigenvalue weighted by Gasteiger charge is -2.23. The number of phenolic OH excluding ortho intramolecular Hbond substituents is 1. The maximum absolute atomic E-state index is 10.0. The van der Waals surface area contributed by atoms with Gasteiger partial charge in [-0.05, 0) is 68.5 Å². The first-order valence-electron chi connectivity index (χ1n) is 12.6. The van der Waals surface area contributed by atoms with Gasteiger partial charge in [-0.25, -0.2) is 9.51 Å². The largest absolute Gasteiger partial charge is 0.508 e. The molecule has 36 heavy (non-hydrogen) atoms. The highest BCUT2D eigenvalue weighted by Gasteiger charge is 2.68. The summed E-state index contributed by atoms with van der Waals surface area (Å²) in [4.78, 5) is 4.84. The Hall–Kier alpha value is -3.84. The van der Waals surface area contributed by atoms with Crippen molar-refractivity contribution in [3.63, 3.8) is 0 Å². The molecule has 0 radical (unpaired) electrons. The molecule has 6 rings (SSSR count). The zero-order valence-corrected chi connectivity index (χ0v) is 20.9. The van der Waals surface area contributed by atoms with Gasteiger partial charge in [0.25, 0.3) is 0 Å². The van der Waals surface area contributed by atoms with Gasteiger partial charge in [-0.1, -0.05) is 37.3 Å². The van der Waals surface area contributed by atoms with E-state index in [1.807, 2.05) is 41.0 Å². The number of hydrogen-bond donors (Lipinski definition) is 4. The number of nitrogens with two attached hydrogens (primary N) is 1. The zero-order valence-electron chi connectivity index (χ0n) is 20.9. The van der Waals surface area contributed by atoms with Crippen molar-refractivity contribution in [2.45, 2.75) is 57.2 Å². The Bertz CT molecular complexity index is 1500. The minimum Gasteiger partial charge on any atom is -0.508 e. The number of amidine groups is 1. The number of aromatic nitrogens is 2. The Kier molecular flexibility index (Phi) is 5.09. The third-order valence-corrected chi connectivity index (χ3v) is 8.27. The maximum atomic E-state index is 10.0. The zero-order chi connectivity index (χ0) is 25.1. The lowest BCUT2D eigenvalue weighted by atomic mass is 9.97. The summed E-state index contributed by atoms with van der Waals surface area (Å²) in [6.45, 7) is 6.71. The smallest absolute Gasteiger partial charge is 0.135 e. The van der Waals surface area contributed by atoms with E-state index in [4.69, 9.17) is 10.7 Å². The number of nitrogens with one attached hydrogen (secondary N) is 2. The molecule has 1 aliphatic heterocycles. The topological polar surface area (TPSA) is 110 Å². The van der Waals surface area contributed by atoms with Crippen LogP contribution in [0.4, 0.5) is 11.4 Å². The van der Waals surface area contributed by atoms with E-state index in [1.54, 1.807) is 18.3 Å². The molecule has 184 valence electrons. The van der Waals surface area contributed by atoms with E-state index >= 15 is 0 Å². The number of aliphatic imine (C=N–C) groups is 1. The van der Waals surface area contributed by atoms with E-state index in [1.165, 1.54) is 0 Å². The van der Waals surface area contributed by atoms with Crippen LogP contribution in [0.1, 0.15) is 44.7 Å². The molecule has 0 spiro atoms. The van der Waals surface area contributed by atoms with Crippen molar-refractivity contribution in [3.05, 3.63) is 78.1 Å². The van der Waals surface area contributed by atoms with Crippen LogP contribution in [-0.4, -0.2) is 37.7 Å². The fourth-order valence-corrected chi connectivity index (χ4v) is 5.80. The Labute approximate surface area is 211 Å². The molecule has 2 aromatic heterocycles. The van der Waals surface area contributed by atoms with Gasteiger partial charge in [0.2, 0.25) is 0 Å². The summed E-state index contributed by atoms with van der Waals surface area (Å²) >= 11 is 0. The van der Waals surface area contributed by atoms with Crippen LogP contribution >= 0.6 is 0 Å². The first-order chi connectivity index (χ1) is 17.3. The summed E-state index contributed by atoms with van der Waals surface area (Å²) < 4.78 is 1.87. The average Bonchev–Trinajstić information content (AvgIpc) is 3.14. The molecule has 4 aromatic rings. The Morgan fingerprint density at radius 2 is 2.03 bits per heavy atom. The van der Waals surface area contributed by atoms with Gasteiger partial charge in [-0.3, -0.25) is 0 Å². The van der Waals surface area contributed by atoms with Crippen molar-refractivity contribution in [1.29, 1.82) is 0 Å². The predicted octanol–water partition coefficient (Wildman–Crippen LogP) is 5.00. The predicted molar refractivity (Wildman–Crippen MR) is 145 cm³/mol. The van der Waals surface area contributed by atoms with E-state index in [-0.39, 0.29) is 22.9 Å². The number of anilines is 1. The summed E-state index contributed by atoms with van der Waals surface area (Å²) in [5.74, 6) is 0.668. The van der Waals surface area contributed by atoms with Crippen molar-refractivity contribution < 1.29 is 5.11 Å². The lowest BCUT2D eigenvalue weighted by Crippen LogP contribution is -2.36. The van der Waals surface area contributed by atoms with Crippen LogP contribution in [0.3, 0.4) is 0 Å². The van der Waals surface area contributed by atoms with Crippen LogP contribution in [0.15, 0.2) is 72.0 Å². The van der Waals surface area contributed by atoms with E-state index in [2.05, 4.69) is 48.6 Å². The Morgan fingerprint density at radius 1 is 1.19 bits per heavy atom. The van der Waals surface area contributed by atoms with Crippen LogP contribution in [0, 0.1) is 0 Å². The van der Waals surface area contributed by atoms with Crippen molar-refractivity contribution in [3.8, 4) is 16.9 Å². The number of nitrogens with zero attached hydrogens (tertiary/aromatic N) is 3. The molecule has 7 heteroatoms. The van der Waals surface area contributed by atoms with Crippen molar-refractivity contribution in [2.75, 3.05) is 5.32 Å². The molecule has 5 N–H and O–H groups in total. The van der Waals surface area contributed by atoms with Gasteiger partial charge in [0.15, 0.2) is 0 Å². The Morgan fingerprint density at radius 3 is 2.75 bits per heavy atom. The van der Waals surface area contributed by atoms with Gasteiger partial charge in [0.1, 0.15) is 11.6 Å². The number of benzene rings is 2. The summed E-state index contributed by atoms with van der Waals surface area (Å²) in [5, 5.41) is 22.2. The highest BCUT2D eigenvalue weighted by Crippen LogP contribution is 2.52. The van der Waals surface area contributed by atoms with Crippen molar-refractivity contribution in [2.24, 2.45) is 10.7 Å². The molecule has 3 unspecified atom stereocenters. The van der Waals surface area contributed by atoms with Crippen LogP contribution in [0.2, 0.25) is 0 Å². The van der Waals surface area contributed by atoms with E-state index in [0.717, 1.165) is 58.4 Å². The number of phenols is 1. The third-order valence-electron chi connectivity index (χ3n) is 8.27. The molecule has 7 nitrogen and oxygen atoms in total. The first-order valence-corrected chi connectivity index (χ1v) is 12.6. The SMILES string of the molecule is CCc1ccccc1N=C(N)c1cnn2cc(-c3cccc(O)c3)cc2c1NC1CCC2(C)NC12C. The summed E-state index contributed by atoms with van der Waals surface area (Å²) in [6.07, 6.45) is 6.86. The van der Waals surface area contributed by atoms with Crippen LogP contribution in [0.5, 0.6) is 5.75 Å². The molecule has 1 aliphatic carbocycles. The van der Waals surface area contributed by atoms with E-state index in [0.29, 0.717) is 5.84 Å².